The van der Waals surface area contributed by atoms with Gasteiger partial charge in [0.25, 0.3) is 11.8 Å². The number of hydrogen-bond acceptors (Lipinski definition) is 4. The maximum Gasteiger partial charge on any atom is 0.266 e. The highest BCUT2D eigenvalue weighted by Gasteiger charge is 2.15. The highest BCUT2D eigenvalue weighted by molar-refractivity contribution is 6.37. The van der Waals surface area contributed by atoms with Gasteiger partial charge in [0.1, 0.15) is 11.6 Å². The molecule has 0 fully saturated rings. The number of rotatable bonds is 7. The van der Waals surface area contributed by atoms with Gasteiger partial charge in [-0.3, -0.25) is 9.59 Å². The number of nitrogens with one attached hydrogen (secondary N) is 2. The van der Waals surface area contributed by atoms with Gasteiger partial charge < -0.3 is 15.4 Å². The molecule has 0 aliphatic heterocycles. The second-order valence-electron chi connectivity index (χ2n) is 7.89. The normalized spacial score (nSPS) is 10.9. The van der Waals surface area contributed by atoms with Crippen LogP contribution in [0.5, 0.6) is 5.75 Å². The third-order valence-corrected chi connectivity index (χ3v) is 5.76. The number of carbonyl (C=O) groups is 2. The largest absolute Gasteiger partial charge is 0.481 e. The fraction of sp³-hybridized carbons (Fsp3) is 0.148. The standard InChI is InChI=1S/C27H23Cl2N3O3/c1-16-6-4-8-21(10-16)31-27(34)20(14-30)11-19-12-22(28)26(23(29)13-19)35-15-25(33)32-24-9-5-7-17(2)18(24)3/h4-13H,15H2,1-3H3,(H,31,34)(H,32,33)/b20-11+. The van der Waals surface area contributed by atoms with E-state index in [1.165, 1.54) is 18.2 Å². The Hall–Kier alpha value is -3.79. The maximum atomic E-state index is 12.5. The minimum Gasteiger partial charge on any atom is -0.481 e. The molecule has 0 radical (unpaired) electrons. The topological polar surface area (TPSA) is 91.2 Å². The van der Waals surface area contributed by atoms with Gasteiger partial charge in [-0.2, -0.15) is 5.26 Å². The summed E-state index contributed by atoms with van der Waals surface area (Å²) in [5, 5.41) is 15.2. The molecule has 8 heteroatoms. The van der Waals surface area contributed by atoms with Gasteiger partial charge in [-0.15, -0.1) is 0 Å². The second-order valence-corrected chi connectivity index (χ2v) is 8.71. The number of hydrogen-bond donors (Lipinski definition) is 2. The fourth-order valence-electron chi connectivity index (χ4n) is 3.25. The molecule has 0 atom stereocenters. The van der Waals surface area contributed by atoms with Crippen molar-refractivity contribution in [1.29, 1.82) is 5.26 Å². The van der Waals surface area contributed by atoms with Gasteiger partial charge in [-0.25, -0.2) is 0 Å². The Morgan fingerprint density at radius 2 is 1.69 bits per heavy atom. The summed E-state index contributed by atoms with van der Waals surface area (Å²) < 4.78 is 5.55. The van der Waals surface area contributed by atoms with Crippen molar-refractivity contribution in [2.75, 3.05) is 17.2 Å². The lowest BCUT2D eigenvalue weighted by Crippen LogP contribution is -2.21. The summed E-state index contributed by atoms with van der Waals surface area (Å²) in [5.74, 6) is -0.799. The Kier molecular flexibility index (Phi) is 8.53. The van der Waals surface area contributed by atoms with Crippen LogP contribution >= 0.6 is 23.2 Å². The van der Waals surface area contributed by atoms with E-state index in [0.29, 0.717) is 16.9 Å². The highest BCUT2D eigenvalue weighted by Crippen LogP contribution is 2.35. The molecule has 178 valence electrons. The quantitative estimate of drug-likeness (QED) is 0.282. The van der Waals surface area contributed by atoms with Crippen molar-refractivity contribution in [2.24, 2.45) is 0 Å². The number of carbonyl (C=O) groups excluding carboxylic acids is 2. The molecule has 0 saturated carbocycles. The van der Waals surface area contributed by atoms with E-state index in [0.717, 1.165) is 16.7 Å². The first kappa shape index (κ1) is 25.8. The molecule has 3 aromatic carbocycles. The average Bonchev–Trinajstić information content (AvgIpc) is 2.80. The van der Waals surface area contributed by atoms with Crippen molar-refractivity contribution in [3.63, 3.8) is 0 Å². The van der Waals surface area contributed by atoms with E-state index in [9.17, 15) is 14.9 Å². The van der Waals surface area contributed by atoms with Crippen LogP contribution in [0.2, 0.25) is 10.0 Å². The molecular weight excluding hydrogens is 485 g/mol. The molecule has 0 spiro atoms. The molecule has 0 unspecified atom stereocenters. The molecule has 0 aliphatic rings. The summed E-state index contributed by atoms with van der Waals surface area (Å²) in [6.07, 6.45) is 1.37. The van der Waals surface area contributed by atoms with Crippen LogP contribution in [-0.2, 0) is 9.59 Å². The van der Waals surface area contributed by atoms with E-state index in [2.05, 4.69) is 10.6 Å². The first-order valence-electron chi connectivity index (χ1n) is 10.7. The zero-order valence-corrected chi connectivity index (χ0v) is 20.9. The Morgan fingerprint density at radius 3 is 2.34 bits per heavy atom. The molecule has 2 amide bonds. The van der Waals surface area contributed by atoms with Gasteiger partial charge in [-0.05, 0) is 79.4 Å². The number of nitriles is 1. The summed E-state index contributed by atoms with van der Waals surface area (Å²) in [6, 6.07) is 17.8. The monoisotopic (exact) mass is 507 g/mol. The molecule has 6 nitrogen and oxygen atoms in total. The lowest BCUT2D eigenvalue weighted by atomic mass is 10.1. The molecule has 0 heterocycles. The fourth-order valence-corrected chi connectivity index (χ4v) is 3.86. The van der Waals surface area contributed by atoms with Crippen molar-refractivity contribution in [1.82, 2.24) is 0 Å². The van der Waals surface area contributed by atoms with Crippen LogP contribution in [0.1, 0.15) is 22.3 Å². The SMILES string of the molecule is Cc1cccc(NC(=O)/C(C#N)=C/c2cc(Cl)c(OCC(=O)Nc3cccc(C)c3C)c(Cl)c2)c1. The van der Waals surface area contributed by atoms with E-state index < -0.39 is 5.91 Å². The minimum absolute atomic E-state index is 0.125. The predicted octanol–water partition coefficient (Wildman–Crippen LogP) is 6.48. The molecule has 0 saturated heterocycles. The van der Waals surface area contributed by atoms with Crippen molar-refractivity contribution in [2.45, 2.75) is 20.8 Å². The minimum atomic E-state index is -0.561. The van der Waals surface area contributed by atoms with Gasteiger partial charge >= 0.3 is 0 Å². The van der Waals surface area contributed by atoms with Crippen molar-refractivity contribution in [3.8, 4) is 11.8 Å². The predicted molar refractivity (Wildman–Crippen MR) is 140 cm³/mol. The van der Waals surface area contributed by atoms with Crippen LogP contribution in [0.3, 0.4) is 0 Å². The third kappa shape index (κ3) is 6.86. The van der Waals surface area contributed by atoms with Crippen LogP contribution in [0.4, 0.5) is 11.4 Å². The number of halogens is 2. The zero-order chi connectivity index (χ0) is 25.5. The lowest BCUT2D eigenvalue weighted by Gasteiger charge is -2.13. The Balaban J connectivity index is 1.70. The first-order chi connectivity index (χ1) is 16.7. The molecule has 0 aromatic heterocycles. The maximum absolute atomic E-state index is 12.5. The average molecular weight is 508 g/mol. The van der Waals surface area contributed by atoms with Gasteiger partial charge in [0, 0.05) is 11.4 Å². The Labute approximate surface area is 214 Å². The van der Waals surface area contributed by atoms with Gasteiger partial charge in [-0.1, -0.05) is 47.5 Å². The molecule has 0 bridgehead atoms. The summed E-state index contributed by atoms with van der Waals surface area (Å²) in [4.78, 5) is 24.9. The lowest BCUT2D eigenvalue weighted by molar-refractivity contribution is -0.118. The van der Waals surface area contributed by atoms with Crippen LogP contribution in [-0.4, -0.2) is 18.4 Å². The summed E-state index contributed by atoms with van der Waals surface area (Å²) in [5.41, 5.74) is 4.58. The van der Waals surface area contributed by atoms with Gasteiger partial charge in [0.2, 0.25) is 0 Å². The van der Waals surface area contributed by atoms with Crippen LogP contribution in [0, 0.1) is 32.1 Å². The zero-order valence-electron chi connectivity index (χ0n) is 19.4. The first-order valence-corrected chi connectivity index (χ1v) is 11.4. The summed E-state index contributed by atoms with van der Waals surface area (Å²) >= 11 is 12.6. The van der Waals surface area contributed by atoms with Crippen molar-refractivity contribution < 1.29 is 14.3 Å². The summed E-state index contributed by atoms with van der Waals surface area (Å²) in [6.45, 7) is 5.48. The van der Waals surface area contributed by atoms with Crippen LogP contribution in [0.15, 0.2) is 60.2 Å². The smallest absolute Gasteiger partial charge is 0.266 e. The number of benzene rings is 3. The van der Waals surface area contributed by atoms with Gasteiger partial charge in [0.15, 0.2) is 12.4 Å². The Bertz CT molecular complexity index is 1340. The molecule has 3 aromatic rings. The Morgan fingerprint density at radius 1 is 1.00 bits per heavy atom. The number of anilines is 2. The molecular formula is C27H23Cl2N3O3. The molecule has 35 heavy (non-hydrogen) atoms. The molecule has 2 N–H and O–H groups in total. The van der Waals surface area contributed by atoms with Crippen LogP contribution in [0.25, 0.3) is 6.08 Å². The van der Waals surface area contributed by atoms with E-state index in [-0.39, 0.29) is 33.9 Å². The number of amides is 2. The van der Waals surface area contributed by atoms with Crippen LogP contribution < -0.4 is 15.4 Å². The second kappa shape index (κ2) is 11.6. The number of nitrogens with zero attached hydrogens (tertiary/aromatic N) is 1. The third-order valence-electron chi connectivity index (χ3n) is 5.20. The van der Waals surface area contributed by atoms with Crippen molar-refractivity contribution >= 4 is 52.5 Å². The van der Waals surface area contributed by atoms with E-state index in [1.807, 2.05) is 51.1 Å². The van der Waals surface area contributed by atoms with E-state index >= 15 is 0 Å². The molecule has 3 rings (SSSR count). The summed E-state index contributed by atoms with van der Waals surface area (Å²) in [7, 11) is 0. The highest BCUT2D eigenvalue weighted by atomic mass is 35.5. The van der Waals surface area contributed by atoms with Crippen molar-refractivity contribution in [3.05, 3.63) is 92.5 Å². The molecule has 0 aliphatic carbocycles. The number of aryl methyl sites for hydroxylation is 2. The number of ether oxygens (including phenoxy) is 1. The van der Waals surface area contributed by atoms with E-state index in [1.54, 1.807) is 18.2 Å². The van der Waals surface area contributed by atoms with Gasteiger partial charge in [0.05, 0.1) is 10.0 Å². The van der Waals surface area contributed by atoms with E-state index in [4.69, 9.17) is 27.9 Å².